The molecule has 0 N–H and O–H groups in total. The number of fused-ring (bicyclic) bond motifs is 1. The monoisotopic (exact) mass is 402 g/mol. The van der Waals surface area contributed by atoms with Crippen molar-refractivity contribution in [1.29, 1.82) is 5.26 Å². The number of aromatic nitrogens is 2. The van der Waals surface area contributed by atoms with E-state index in [9.17, 15) is 14.9 Å². The third kappa shape index (κ3) is 2.98. The highest BCUT2D eigenvalue weighted by atomic mass is 32.1. The molecule has 6 nitrogen and oxygen atoms in total. The van der Waals surface area contributed by atoms with E-state index in [1.165, 1.54) is 0 Å². The Morgan fingerprint density at radius 1 is 1.28 bits per heavy atom. The second kappa shape index (κ2) is 7.15. The fraction of sp³-hybridized carbons (Fsp3) is 0.182. The molecule has 1 aliphatic heterocycles. The molecule has 1 aliphatic rings. The van der Waals surface area contributed by atoms with E-state index in [0.29, 0.717) is 11.1 Å². The molecule has 0 atom stereocenters. The second-order valence-electron chi connectivity index (χ2n) is 6.75. The van der Waals surface area contributed by atoms with Gasteiger partial charge in [-0.3, -0.25) is 19.5 Å². The number of aryl methyl sites for hydroxylation is 1. The Morgan fingerprint density at radius 2 is 2.07 bits per heavy atom. The number of thiophene rings is 1. The van der Waals surface area contributed by atoms with Crippen molar-refractivity contribution >= 4 is 39.4 Å². The smallest absolute Gasteiger partial charge is 0.271 e. The number of carbonyl (C=O) groups excluding carboxylic acids is 2. The minimum atomic E-state index is -0.521. The lowest BCUT2D eigenvalue weighted by Gasteiger charge is -2.26. The first-order chi connectivity index (χ1) is 14.0. The molecular weight excluding hydrogens is 384 g/mol. The van der Waals surface area contributed by atoms with Crippen molar-refractivity contribution in [1.82, 2.24) is 14.5 Å². The van der Waals surface area contributed by atoms with Crippen molar-refractivity contribution in [2.24, 2.45) is 7.05 Å². The summed E-state index contributed by atoms with van der Waals surface area (Å²) in [7, 11) is 2.00. The van der Waals surface area contributed by atoms with E-state index in [1.54, 1.807) is 37.5 Å². The highest BCUT2D eigenvalue weighted by Gasteiger charge is 2.34. The molecule has 0 saturated carbocycles. The predicted molar refractivity (Wildman–Crippen MR) is 113 cm³/mol. The first-order valence-electron chi connectivity index (χ1n) is 9.15. The summed E-state index contributed by atoms with van der Waals surface area (Å²) in [6.07, 6.45) is 5.35. The van der Waals surface area contributed by atoms with E-state index < -0.39 is 5.91 Å². The van der Waals surface area contributed by atoms with Crippen LogP contribution in [-0.4, -0.2) is 32.8 Å². The number of carbonyl (C=O) groups is 2. The highest BCUT2D eigenvalue weighted by Crippen LogP contribution is 2.35. The Bertz CT molecular complexity index is 1260. The number of nitriles is 1. The van der Waals surface area contributed by atoms with Gasteiger partial charge in [-0.15, -0.1) is 11.3 Å². The molecule has 0 saturated heterocycles. The van der Waals surface area contributed by atoms with Gasteiger partial charge in [0.15, 0.2) is 0 Å². The van der Waals surface area contributed by atoms with E-state index in [-0.39, 0.29) is 18.0 Å². The molecular formula is C22H18N4O2S. The lowest BCUT2D eigenvalue weighted by molar-refractivity contribution is -0.140. The van der Waals surface area contributed by atoms with Crippen molar-refractivity contribution < 1.29 is 9.59 Å². The molecule has 0 fully saturated rings. The van der Waals surface area contributed by atoms with E-state index >= 15 is 0 Å². The molecule has 0 aromatic carbocycles. The average molecular weight is 402 g/mol. The first-order valence-corrected chi connectivity index (χ1v) is 9.96. The van der Waals surface area contributed by atoms with E-state index in [4.69, 9.17) is 0 Å². The summed E-state index contributed by atoms with van der Waals surface area (Å²) in [5, 5.41) is 9.37. The Kier molecular flexibility index (Phi) is 4.65. The Morgan fingerprint density at radius 3 is 2.69 bits per heavy atom. The van der Waals surface area contributed by atoms with Gasteiger partial charge in [0.2, 0.25) is 0 Å². The van der Waals surface area contributed by atoms with Crippen LogP contribution in [-0.2, 0) is 16.6 Å². The lowest BCUT2D eigenvalue weighted by atomic mass is 9.95. The molecule has 0 spiro atoms. The summed E-state index contributed by atoms with van der Waals surface area (Å²) in [6.45, 7) is 3.61. The topological polar surface area (TPSA) is 79.0 Å². The molecule has 4 heterocycles. The van der Waals surface area contributed by atoms with Gasteiger partial charge < -0.3 is 4.57 Å². The molecule has 7 heteroatoms. The number of amides is 2. The van der Waals surface area contributed by atoms with E-state index in [2.05, 4.69) is 15.6 Å². The number of pyridine rings is 1. The minimum Gasteiger partial charge on any atom is -0.343 e. The van der Waals surface area contributed by atoms with E-state index in [0.717, 1.165) is 31.3 Å². The number of nitrogens with zero attached hydrogens (tertiary/aromatic N) is 4. The van der Waals surface area contributed by atoms with Crippen LogP contribution in [0.3, 0.4) is 0 Å². The maximum Gasteiger partial charge on any atom is 0.271 e. The highest BCUT2D eigenvalue weighted by molar-refractivity contribution is 7.19. The number of rotatable bonds is 3. The molecule has 2 amide bonds. The molecule has 3 aromatic rings. The fourth-order valence-electron chi connectivity index (χ4n) is 3.55. The average Bonchev–Trinajstić information content (AvgIpc) is 3.25. The second-order valence-corrected chi connectivity index (χ2v) is 7.87. The van der Waals surface area contributed by atoms with Crippen LogP contribution in [0.25, 0.3) is 27.6 Å². The molecule has 0 bridgehead atoms. The maximum atomic E-state index is 12.8. The Labute approximate surface area is 172 Å². The summed E-state index contributed by atoms with van der Waals surface area (Å²) in [6, 6.07) is 10.00. The first kappa shape index (κ1) is 18.8. The number of imide groups is 1. The number of hydrogen-bond acceptors (Lipinski definition) is 5. The molecule has 29 heavy (non-hydrogen) atoms. The van der Waals surface area contributed by atoms with Crippen molar-refractivity contribution in [3.8, 4) is 17.3 Å². The van der Waals surface area contributed by atoms with Gasteiger partial charge in [-0.25, -0.2) is 0 Å². The van der Waals surface area contributed by atoms with Gasteiger partial charge in [0.05, 0.1) is 15.9 Å². The lowest BCUT2D eigenvalue weighted by Crippen LogP contribution is -2.42. The molecule has 4 rings (SSSR count). The zero-order chi connectivity index (χ0) is 20.7. The van der Waals surface area contributed by atoms with Crippen LogP contribution in [0.2, 0.25) is 0 Å². The summed E-state index contributed by atoms with van der Waals surface area (Å²) >= 11 is 1.56. The SMILES string of the molecule is CCN1C(=O)C(C#N)=C(C)/C(=C/c2cc3c(cc(-c4cccnc4)n3C)s2)C1=O. The van der Waals surface area contributed by atoms with Gasteiger partial charge in [0, 0.05) is 42.0 Å². The summed E-state index contributed by atoms with van der Waals surface area (Å²) in [5.41, 5.74) is 4.00. The normalized spacial score (nSPS) is 16.2. The quantitative estimate of drug-likeness (QED) is 0.491. The van der Waals surface area contributed by atoms with Crippen LogP contribution in [0.5, 0.6) is 0 Å². The van der Waals surface area contributed by atoms with Crippen molar-refractivity contribution in [2.75, 3.05) is 6.54 Å². The van der Waals surface area contributed by atoms with Gasteiger partial charge in [0.25, 0.3) is 11.8 Å². The number of likely N-dealkylation sites (N-methyl/N-ethyl adjacent to an activating group) is 1. The van der Waals surface area contributed by atoms with Crippen LogP contribution in [0.4, 0.5) is 0 Å². The zero-order valence-electron chi connectivity index (χ0n) is 16.3. The molecule has 0 aliphatic carbocycles. The third-order valence-electron chi connectivity index (χ3n) is 5.14. The van der Waals surface area contributed by atoms with Crippen molar-refractivity contribution in [2.45, 2.75) is 13.8 Å². The Balaban J connectivity index is 1.80. The standard InChI is InChI=1S/C22H18N4O2S/c1-4-26-21(27)16(13(2)17(11-23)22(26)28)8-15-9-19-20(29-15)10-18(25(19)3)14-6-5-7-24-12-14/h5-10,12H,4H2,1-3H3/b16-8-. The third-order valence-corrected chi connectivity index (χ3v) is 6.15. The minimum absolute atomic E-state index is 0.0256. The van der Waals surface area contributed by atoms with Gasteiger partial charge in [-0.05, 0) is 49.8 Å². The molecule has 144 valence electrons. The van der Waals surface area contributed by atoms with Crippen molar-refractivity contribution in [3.63, 3.8) is 0 Å². The summed E-state index contributed by atoms with van der Waals surface area (Å²) < 4.78 is 3.19. The summed E-state index contributed by atoms with van der Waals surface area (Å²) in [4.78, 5) is 31.3. The fourth-order valence-corrected chi connectivity index (χ4v) is 4.62. The van der Waals surface area contributed by atoms with Crippen molar-refractivity contribution in [3.05, 3.63) is 58.3 Å². The number of hydrogen-bond donors (Lipinski definition) is 0. The largest absolute Gasteiger partial charge is 0.343 e. The maximum absolute atomic E-state index is 12.8. The van der Waals surface area contributed by atoms with Gasteiger partial charge >= 0.3 is 0 Å². The molecule has 0 radical (unpaired) electrons. The van der Waals surface area contributed by atoms with Crippen LogP contribution in [0.1, 0.15) is 18.7 Å². The Hall–Kier alpha value is -3.50. The predicted octanol–water partition coefficient (Wildman–Crippen LogP) is 3.91. The van der Waals surface area contributed by atoms with Crippen LogP contribution in [0, 0.1) is 11.3 Å². The van der Waals surface area contributed by atoms with Gasteiger partial charge in [-0.2, -0.15) is 5.26 Å². The summed E-state index contributed by atoms with van der Waals surface area (Å²) in [5.74, 6) is -0.880. The molecule has 3 aromatic heterocycles. The molecule has 0 unspecified atom stereocenters. The van der Waals surface area contributed by atoms with Crippen LogP contribution < -0.4 is 0 Å². The van der Waals surface area contributed by atoms with Crippen LogP contribution >= 0.6 is 11.3 Å². The zero-order valence-corrected chi connectivity index (χ0v) is 17.1. The van der Waals surface area contributed by atoms with Gasteiger partial charge in [0.1, 0.15) is 11.6 Å². The van der Waals surface area contributed by atoms with Gasteiger partial charge in [-0.1, -0.05) is 0 Å². The van der Waals surface area contributed by atoms with Crippen LogP contribution in [0.15, 0.2) is 53.4 Å². The van der Waals surface area contributed by atoms with E-state index in [1.807, 2.05) is 37.5 Å².